The normalized spacial score (nSPS) is 12.6. The fourth-order valence-electron chi connectivity index (χ4n) is 10.0. The molecule has 0 aliphatic rings. The lowest BCUT2D eigenvalue weighted by Gasteiger charge is -2.16. The highest BCUT2D eigenvalue weighted by Crippen LogP contribution is 2.55. The summed E-state index contributed by atoms with van der Waals surface area (Å²) in [5, 5.41) is 14.0. The molecule has 0 atom stereocenters. The number of nitrogens with zero attached hydrogens (tertiary/aromatic N) is 3. The predicted octanol–water partition coefficient (Wildman–Crippen LogP) is 13.3. The van der Waals surface area contributed by atoms with E-state index < -0.39 is 0 Å². The zero-order valence-electron chi connectivity index (χ0n) is 31.9. The highest BCUT2D eigenvalue weighted by Gasteiger charge is 2.30. The first-order valence-corrected chi connectivity index (χ1v) is 20.5. The van der Waals surface area contributed by atoms with Crippen molar-refractivity contribution in [2.75, 3.05) is 0 Å². The molecule has 0 amide bonds. The molecule has 0 N–H and O–H groups in total. The molecule has 3 aromatic heterocycles. The van der Waals surface area contributed by atoms with Crippen LogP contribution in [0.1, 0.15) is 76.1 Å². The van der Waals surface area contributed by atoms with Crippen LogP contribution in [0.5, 0.6) is 0 Å². The predicted molar refractivity (Wildman–Crippen MR) is 233 cm³/mol. The molecule has 0 aliphatic heterocycles. The first-order valence-electron chi connectivity index (χ1n) is 20.5. The van der Waals surface area contributed by atoms with Crippen molar-refractivity contribution in [1.82, 2.24) is 14.4 Å². The molecule has 8 aromatic carbocycles. The number of aryl methyl sites for hydroxylation is 3. The van der Waals surface area contributed by atoms with E-state index in [9.17, 15) is 0 Å². The van der Waals surface area contributed by atoms with Gasteiger partial charge in [-0.2, -0.15) is 0 Å². The van der Waals surface area contributed by atoms with Crippen LogP contribution in [-0.2, 0) is 19.3 Å². The molecule has 0 saturated heterocycles. The van der Waals surface area contributed by atoms with Gasteiger partial charge in [-0.05, 0) is 150 Å². The van der Waals surface area contributed by atoms with Gasteiger partial charge < -0.3 is 0 Å². The van der Waals surface area contributed by atoms with Crippen molar-refractivity contribution >= 4 is 81.4 Å². The number of hydrogen-bond acceptors (Lipinski definition) is 3. The third kappa shape index (κ3) is 4.48. The van der Waals surface area contributed by atoms with Gasteiger partial charge in [-0.1, -0.05) is 113 Å². The molecule has 4 nitrogen and oxygen atoms in total. The number of aromatic nitrogens is 3. The minimum atomic E-state index is -0.0211. The van der Waals surface area contributed by atoms with E-state index in [1.165, 1.54) is 76.5 Å². The molecule has 0 bridgehead atoms. The van der Waals surface area contributed by atoms with Crippen molar-refractivity contribution in [3.63, 3.8) is 0 Å². The molecule has 0 aliphatic carbocycles. The summed E-state index contributed by atoms with van der Waals surface area (Å²) in [6, 6.07) is 36.1. The van der Waals surface area contributed by atoms with Crippen LogP contribution in [0.25, 0.3) is 104 Å². The number of unbranched alkanes of at least 4 members (excludes halogenated alkanes) is 3. The molecular weight excluding hydrogens is 671 g/mol. The van der Waals surface area contributed by atoms with E-state index in [0.717, 1.165) is 96.2 Å². The van der Waals surface area contributed by atoms with Gasteiger partial charge in [-0.25, -0.2) is 14.4 Å². The Morgan fingerprint density at radius 2 is 1.02 bits per heavy atom. The van der Waals surface area contributed by atoms with E-state index in [0.29, 0.717) is 5.65 Å². The minimum Gasteiger partial charge on any atom is -0.268 e. The second-order valence-electron chi connectivity index (χ2n) is 15.9. The molecule has 3 heterocycles. The molecule has 0 fully saturated rings. The Hall–Kier alpha value is -5.87. The van der Waals surface area contributed by atoms with Gasteiger partial charge >= 0.3 is 0 Å². The second-order valence-corrected chi connectivity index (χ2v) is 15.9. The van der Waals surface area contributed by atoms with Crippen LogP contribution >= 0.6 is 0 Å². The summed E-state index contributed by atoms with van der Waals surface area (Å²) < 4.78 is 1.83. The largest absolute Gasteiger partial charge is 0.268 e. The van der Waals surface area contributed by atoms with Gasteiger partial charge in [0.1, 0.15) is 5.52 Å². The van der Waals surface area contributed by atoms with Crippen LogP contribution in [0.3, 0.4) is 0 Å². The van der Waals surface area contributed by atoms with Crippen molar-refractivity contribution < 1.29 is 0 Å². The van der Waals surface area contributed by atoms with Gasteiger partial charge in [0.25, 0.3) is 5.56 Å². The number of benzene rings is 7. The SMILES string of the molecule is CCCCc1ccc2nc3c4c5cc(-c6ccccc6CCCC)c6ccc7ccc8c(-c9ccccc9CCCC)cc(c4c(=O)n3c2n1)c1c8c7c6c51. The standard InChI is InChI=1S/C51H43N3O/c1-4-7-14-29-16-10-12-19-33(29)37-27-39-45-43-35(37)24-21-31-22-25-36-38(34-20-13-11-17-30(34)15-8-5-2)28-40(46(45)44(36)42(31)43)48-47(39)50-53-41-26-23-32(18-9-6-3)52-49(41)54(50)51(48)55/h10-13,16-17,19-28H,4-9,14-15,18H2,1-3H3. The lowest BCUT2D eigenvalue weighted by molar-refractivity contribution is 0.778. The van der Waals surface area contributed by atoms with E-state index in [-0.39, 0.29) is 5.56 Å². The summed E-state index contributed by atoms with van der Waals surface area (Å²) in [5.74, 6) is 0. The van der Waals surface area contributed by atoms with Crippen molar-refractivity contribution in [2.24, 2.45) is 0 Å². The van der Waals surface area contributed by atoms with Crippen LogP contribution in [0, 0.1) is 0 Å². The zero-order valence-corrected chi connectivity index (χ0v) is 31.9. The summed E-state index contributed by atoms with van der Waals surface area (Å²) >= 11 is 0. The quantitative estimate of drug-likeness (QED) is 0.125. The topological polar surface area (TPSA) is 47.3 Å². The van der Waals surface area contributed by atoms with Crippen LogP contribution in [-0.4, -0.2) is 14.4 Å². The van der Waals surface area contributed by atoms with Gasteiger partial charge in [0.05, 0.1) is 5.39 Å². The second kappa shape index (κ2) is 12.3. The van der Waals surface area contributed by atoms with Gasteiger partial charge in [0, 0.05) is 11.1 Å². The Kier molecular flexibility index (Phi) is 7.30. The Labute approximate surface area is 319 Å². The number of fused-ring (bicyclic) bond motifs is 7. The summed E-state index contributed by atoms with van der Waals surface area (Å²) in [6.07, 6.45) is 9.66. The molecule has 268 valence electrons. The van der Waals surface area contributed by atoms with E-state index in [1.807, 2.05) is 4.40 Å². The van der Waals surface area contributed by atoms with Gasteiger partial charge in [0.2, 0.25) is 0 Å². The molecule has 11 aromatic rings. The van der Waals surface area contributed by atoms with Crippen molar-refractivity contribution in [3.8, 4) is 22.3 Å². The first-order chi connectivity index (χ1) is 27.1. The maximum Gasteiger partial charge on any atom is 0.266 e. The smallest absolute Gasteiger partial charge is 0.266 e. The Morgan fingerprint density at radius 1 is 0.473 bits per heavy atom. The molecular formula is C51H43N3O. The third-order valence-corrected chi connectivity index (χ3v) is 12.6. The molecule has 0 spiro atoms. The summed E-state index contributed by atoms with van der Waals surface area (Å²) in [7, 11) is 0. The van der Waals surface area contributed by atoms with Crippen LogP contribution in [0.15, 0.2) is 102 Å². The third-order valence-electron chi connectivity index (χ3n) is 12.6. The Bertz CT molecular complexity index is 3290. The fraction of sp³-hybridized carbons (Fsp3) is 0.235. The van der Waals surface area contributed by atoms with Crippen molar-refractivity contribution in [3.05, 3.63) is 124 Å². The molecule has 55 heavy (non-hydrogen) atoms. The summed E-state index contributed by atoms with van der Waals surface area (Å²) in [6.45, 7) is 6.73. The van der Waals surface area contributed by atoms with Gasteiger partial charge in [0.15, 0.2) is 11.3 Å². The van der Waals surface area contributed by atoms with Crippen molar-refractivity contribution in [1.29, 1.82) is 0 Å². The lowest BCUT2D eigenvalue weighted by atomic mass is 9.87. The monoisotopic (exact) mass is 713 g/mol. The summed E-state index contributed by atoms with van der Waals surface area (Å²) in [4.78, 5) is 25.7. The van der Waals surface area contributed by atoms with E-state index in [2.05, 4.69) is 118 Å². The Morgan fingerprint density at radius 3 is 1.62 bits per heavy atom. The minimum absolute atomic E-state index is 0.0211. The molecule has 11 rings (SSSR count). The number of rotatable bonds is 11. The highest BCUT2D eigenvalue weighted by atomic mass is 16.1. The van der Waals surface area contributed by atoms with Crippen LogP contribution in [0.4, 0.5) is 0 Å². The van der Waals surface area contributed by atoms with Gasteiger partial charge in [-0.15, -0.1) is 0 Å². The fourth-order valence-corrected chi connectivity index (χ4v) is 10.0. The zero-order chi connectivity index (χ0) is 36.9. The summed E-state index contributed by atoms with van der Waals surface area (Å²) in [5.41, 5.74) is 10.9. The Balaban J connectivity index is 1.37. The lowest BCUT2D eigenvalue weighted by Crippen LogP contribution is -2.07. The number of hydrogen-bond donors (Lipinski definition) is 0. The molecule has 0 unspecified atom stereocenters. The van der Waals surface area contributed by atoms with Crippen LogP contribution in [0.2, 0.25) is 0 Å². The molecule has 0 saturated carbocycles. The number of pyridine rings is 1. The average Bonchev–Trinajstić information content (AvgIpc) is 3.88. The number of imidazole rings is 1. The maximum atomic E-state index is 15.3. The van der Waals surface area contributed by atoms with Crippen molar-refractivity contribution in [2.45, 2.75) is 78.6 Å². The average molecular weight is 714 g/mol. The van der Waals surface area contributed by atoms with E-state index in [4.69, 9.17) is 9.97 Å². The highest BCUT2D eigenvalue weighted by molar-refractivity contribution is 6.50. The molecule has 0 radical (unpaired) electrons. The first kappa shape index (κ1) is 32.6. The van der Waals surface area contributed by atoms with Gasteiger partial charge in [-0.3, -0.25) is 4.79 Å². The van der Waals surface area contributed by atoms with Crippen LogP contribution < -0.4 is 5.56 Å². The molecule has 4 heteroatoms. The van der Waals surface area contributed by atoms with E-state index in [1.54, 1.807) is 0 Å². The van der Waals surface area contributed by atoms with E-state index >= 15 is 4.79 Å². The maximum absolute atomic E-state index is 15.3.